The zero-order valence-corrected chi connectivity index (χ0v) is 18.3. The second-order valence-corrected chi connectivity index (χ2v) is 8.58. The molecule has 0 fully saturated rings. The second kappa shape index (κ2) is 8.04. The largest absolute Gasteiger partial charge is 0.478 e. The van der Waals surface area contributed by atoms with E-state index in [-0.39, 0.29) is 5.63 Å². The van der Waals surface area contributed by atoms with Gasteiger partial charge in [-0.3, -0.25) is 4.90 Å². The van der Waals surface area contributed by atoms with Crippen LogP contribution in [0.1, 0.15) is 16.7 Å². The average Bonchev–Trinajstić information content (AvgIpc) is 2.76. The average molecular weight is 452 g/mol. The van der Waals surface area contributed by atoms with Crippen molar-refractivity contribution in [1.82, 2.24) is 4.90 Å². The second-order valence-electron chi connectivity index (χ2n) is 7.70. The lowest BCUT2D eigenvalue weighted by Gasteiger charge is -2.29. The first-order chi connectivity index (χ1) is 15.0. The van der Waals surface area contributed by atoms with Crippen LogP contribution in [0.4, 0.5) is 0 Å². The number of ether oxygens (including phenoxy) is 1. The predicted octanol–water partition coefficient (Wildman–Crippen LogP) is 6.43. The molecule has 0 aliphatic carbocycles. The van der Waals surface area contributed by atoms with Crippen molar-refractivity contribution in [3.8, 4) is 16.9 Å². The molecule has 0 radical (unpaired) electrons. The SMILES string of the molecule is Cc1c(-c2ccc(Cl)cc2)c(=O)oc2c3c(ccc12)OCN(Cc1ccc(Cl)cc1)C3. The van der Waals surface area contributed by atoms with Crippen LogP contribution in [0.25, 0.3) is 22.1 Å². The summed E-state index contributed by atoms with van der Waals surface area (Å²) < 4.78 is 11.8. The van der Waals surface area contributed by atoms with Crippen molar-refractivity contribution in [2.75, 3.05) is 6.73 Å². The third kappa shape index (κ3) is 3.83. The van der Waals surface area contributed by atoms with Crippen LogP contribution in [0.3, 0.4) is 0 Å². The quantitative estimate of drug-likeness (QED) is 0.336. The molecule has 1 aliphatic rings. The summed E-state index contributed by atoms with van der Waals surface area (Å²) in [5, 5.41) is 2.24. The minimum absolute atomic E-state index is 0.365. The summed E-state index contributed by atoms with van der Waals surface area (Å²) in [7, 11) is 0. The van der Waals surface area contributed by atoms with E-state index in [1.807, 2.05) is 55.5 Å². The molecule has 156 valence electrons. The molecular weight excluding hydrogens is 433 g/mol. The molecule has 1 aliphatic heterocycles. The molecule has 6 heteroatoms. The first kappa shape index (κ1) is 20.1. The van der Waals surface area contributed by atoms with E-state index in [0.29, 0.717) is 41.0 Å². The fourth-order valence-electron chi connectivity index (χ4n) is 4.07. The highest BCUT2D eigenvalue weighted by atomic mass is 35.5. The van der Waals surface area contributed by atoms with Crippen LogP contribution in [0.2, 0.25) is 10.0 Å². The molecule has 0 amide bonds. The first-order valence-electron chi connectivity index (χ1n) is 9.94. The van der Waals surface area contributed by atoms with Crippen LogP contribution >= 0.6 is 23.2 Å². The van der Waals surface area contributed by atoms with Gasteiger partial charge in [-0.05, 0) is 60.0 Å². The Balaban J connectivity index is 1.55. The Bertz CT molecular complexity index is 1330. The van der Waals surface area contributed by atoms with E-state index in [2.05, 4.69) is 4.90 Å². The van der Waals surface area contributed by atoms with E-state index in [9.17, 15) is 4.79 Å². The Kier molecular flexibility index (Phi) is 5.22. The van der Waals surface area contributed by atoms with Crippen molar-refractivity contribution in [3.05, 3.63) is 97.8 Å². The monoisotopic (exact) mass is 451 g/mol. The third-order valence-corrected chi connectivity index (χ3v) is 6.14. The van der Waals surface area contributed by atoms with Gasteiger partial charge in [-0.1, -0.05) is 47.5 Å². The highest BCUT2D eigenvalue weighted by Gasteiger charge is 2.24. The molecule has 1 aromatic heterocycles. The van der Waals surface area contributed by atoms with Crippen molar-refractivity contribution in [2.45, 2.75) is 20.0 Å². The van der Waals surface area contributed by atoms with E-state index in [1.165, 1.54) is 0 Å². The predicted molar refractivity (Wildman–Crippen MR) is 124 cm³/mol. The summed E-state index contributed by atoms with van der Waals surface area (Å²) in [6.07, 6.45) is 0. The van der Waals surface area contributed by atoms with Crippen LogP contribution in [0.5, 0.6) is 5.75 Å². The Labute approximate surface area is 189 Å². The lowest BCUT2D eigenvalue weighted by atomic mass is 9.97. The van der Waals surface area contributed by atoms with Crippen LogP contribution in [0.15, 0.2) is 69.9 Å². The van der Waals surface area contributed by atoms with Gasteiger partial charge < -0.3 is 9.15 Å². The Hall–Kier alpha value is -2.79. The molecule has 0 spiro atoms. The van der Waals surface area contributed by atoms with Crippen LogP contribution in [-0.4, -0.2) is 11.6 Å². The Morgan fingerprint density at radius 2 is 1.61 bits per heavy atom. The summed E-state index contributed by atoms with van der Waals surface area (Å²) in [5.41, 5.74) is 4.47. The third-order valence-electron chi connectivity index (χ3n) is 5.63. The van der Waals surface area contributed by atoms with Crippen molar-refractivity contribution in [2.24, 2.45) is 0 Å². The number of rotatable bonds is 3. The summed E-state index contributed by atoms with van der Waals surface area (Å²) >= 11 is 12.0. The van der Waals surface area contributed by atoms with Gasteiger partial charge in [0, 0.05) is 28.5 Å². The molecular formula is C25H19Cl2NO3. The van der Waals surface area contributed by atoms with Gasteiger partial charge in [0.15, 0.2) is 0 Å². The fourth-order valence-corrected chi connectivity index (χ4v) is 4.32. The molecule has 0 N–H and O–H groups in total. The number of hydrogen-bond donors (Lipinski definition) is 0. The lowest BCUT2D eigenvalue weighted by Crippen LogP contribution is -2.31. The topological polar surface area (TPSA) is 42.7 Å². The van der Waals surface area contributed by atoms with Gasteiger partial charge in [-0.15, -0.1) is 0 Å². The van der Waals surface area contributed by atoms with Crippen LogP contribution in [-0.2, 0) is 13.1 Å². The van der Waals surface area contributed by atoms with Gasteiger partial charge in [0.25, 0.3) is 0 Å². The lowest BCUT2D eigenvalue weighted by molar-refractivity contribution is 0.0890. The van der Waals surface area contributed by atoms with Gasteiger partial charge in [0.05, 0.1) is 11.1 Å². The Morgan fingerprint density at radius 3 is 2.32 bits per heavy atom. The number of hydrogen-bond acceptors (Lipinski definition) is 4. The summed E-state index contributed by atoms with van der Waals surface area (Å²) in [4.78, 5) is 15.1. The first-order valence-corrected chi connectivity index (χ1v) is 10.7. The maximum absolute atomic E-state index is 13.0. The molecule has 4 aromatic rings. The van der Waals surface area contributed by atoms with Crippen molar-refractivity contribution >= 4 is 34.2 Å². The van der Waals surface area contributed by atoms with E-state index < -0.39 is 0 Å². The fraction of sp³-hybridized carbons (Fsp3) is 0.160. The van der Waals surface area contributed by atoms with Crippen molar-refractivity contribution in [3.63, 3.8) is 0 Å². The van der Waals surface area contributed by atoms with E-state index in [4.69, 9.17) is 32.4 Å². The summed E-state index contributed by atoms with van der Waals surface area (Å²) in [5.74, 6) is 0.752. The van der Waals surface area contributed by atoms with E-state index in [0.717, 1.165) is 33.4 Å². The van der Waals surface area contributed by atoms with Gasteiger partial charge in [0.1, 0.15) is 18.1 Å². The number of halogens is 2. The van der Waals surface area contributed by atoms with E-state index in [1.54, 1.807) is 12.1 Å². The van der Waals surface area contributed by atoms with Gasteiger partial charge in [-0.25, -0.2) is 4.79 Å². The van der Waals surface area contributed by atoms with E-state index >= 15 is 0 Å². The van der Waals surface area contributed by atoms with Gasteiger partial charge in [-0.2, -0.15) is 0 Å². The molecule has 0 unspecified atom stereocenters. The molecule has 3 aromatic carbocycles. The van der Waals surface area contributed by atoms with Gasteiger partial charge in [0.2, 0.25) is 0 Å². The smallest absolute Gasteiger partial charge is 0.344 e. The highest BCUT2D eigenvalue weighted by Crippen LogP contribution is 2.36. The minimum atomic E-state index is -0.365. The normalized spacial score (nSPS) is 13.8. The molecule has 5 rings (SSSR count). The van der Waals surface area contributed by atoms with Crippen LogP contribution in [0, 0.1) is 6.92 Å². The van der Waals surface area contributed by atoms with Crippen molar-refractivity contribution < 1.29 is 9.15 Å². The maximum Gasteiger partial charge on any atom is 0.344 e. The molecule has 0 bridgehead atoms. The maximum atomic E-state index is 13.0. The number of fused-ring (bicyclic) bond motifs is 3. The minimum Gasteiger partial charge on any atom is -0.478 e. The Morgan fingerprint density at radius 1 is 0.935 bits per heavy atom. The summed E-state index contributed by atoms with van der Waals surface area (Å²) in [6.45, 7) is 3.75. The molecule has 0 saturated heterocycles. The van der Waals surface area contributed by atoms with Gasteiger partial charge >= 0.3 is 5.63 Å². The molecule has 2 heterocycles. The standard InChI is InChI=1S/C25H19Cl2NO3/c1-15-20-10-11-22-21(13-28(14-30-22)12-16-2-6-18(26)7-3-16)24(20)31-25(29)23(15)17-4-8-19(27)9-5-17/h2-11H,12-14H2,1H3. The highest BCUT2D eigenvalue weighted by molar-refractivity contribution is 6.30. The molecule has 0 saturated carbocycles. The number of nitrogens with zero attached hydrogens (tertiary/aromatic N) is 1. The molecule has 31 heavy (non-hydrogen) atoms. The van der Waals surface area contributed by atoms with Crippen LogP contribution < -0.4 is 10.4 Å². The molecule has 4 nitrogen and oxygen atoms in total. The van der Waals surface area contributed by atoms with Crippen molar-refractivity contribution in [1.29, 1.82) is 0 Å². The number of aryl methyl sites for hydroxylation is 1. The zero-order chi connectivity index (χ0) is 21.5. The summed E-state index contributed by atoms with van der Waals surface area (Å²) in [6, 6.07) is 18.9. The zero-order valence-electron chi connectivity index (χ0n) is 16.8. The molecule has 0 atom stereocenters. The number of benzene rings is 3.